The first-order valence-corrected chi connectivity index (χ1v) is 12.2. The number of furan rings is 1. The number of nitrogens with zero attached hydrogens (tertiary/aromatic N) is 4. The third-order valence-corrected chi connectivity index (χ3v) is 7.20. The van der Waals surface area contributed by atoms with Crippen molar-refractivity contribution in [1.82, 2.24) is 14.3 Å². The summed E-state index contributed by atoms with van der Waals surface area (Å²) in [7, 11) is 0. The van der Waals surface area contributed by atoms with E-state index in [-0.39, 0.29) is 30.2 Å². The van der Waals surface area contributed by atoms with E-state index in [0.717, 1.165) is 5.56 Å². The van der Waals surface area contributed by atoms with Gasteiger partial charge in [-0.05, 0) is 50.6 Å². The van der Waals surface area contributed by atoms with Gasteiger partial charge >= 0.3 is 0 Å². The highest BCUT2D eigenvalue weighted by Crippen LogP contribution is 2.35. The van der Waals surface area contributed by atoms with Gasteiger partial charge in [0.25, 0.3) is 11.5 Å². The summed E-state index contributed by atoms with van der Waals surface area (Å²) in [6, 6.07) is 7.30. The monoisotopic (exact) mass is 496 g/mol. The third-order valence-electron chi connectivity index (χ3n) is 5.83. The molecule has 2 saturated heterocycles. The summed E-state index contributed by atoms with van der Waals surface area (Å²) >= 11 is 6.64. The Balaban J connectivity index is 1.61. The van der Waals surface area contributed by atoms with Gasteiger partial charge in [0.15, 0.2) is 0 Å². The zero-order valence-corrected chi connectivity index (χ0v) is 20.7. The number of amides is 1. The summed E-state index contributed by atoms with van der Waals surface area (Å²) < 4.78 is 13.2. The van der Waals surface area contributed by atoms with E-state index in [9.17, 15) is 9.59 Å². The maximum absolute atomic E-state index is 13.7. The SMILES string of the molecule is Cc1cccn2c(=O)c(/C=C3/SC(=S)N(Cc4ccco4)C3=O)c(N3CC(C)OC(C)C3)nc12. The van der Waals surface area contributed by atoms with Crippen molar-refractivity contribution in [2.45, 2.75) is 39.5 Å². The van der Waals surface area contributed by atoms with Gasteiger partial charge < -0.3 is 14.1 Å². The standard InChI is InChI=1S/C24H24N4O4S2/c1-14-6-4-8-27-20(14)25-21(26-11-15(2)32-16(3)12-26)18(22(27)29)10-19-23(30)28(24(33)34-19)13-17-7-5-9-31-17/h4-10,15-16H,11-13H2,1-3H3/b19-10+. The molecule has 1 amide bonds. The Kier molecular flexibility index (Phi) is 6.05. The molecule has 2 aliphatic rings. The molecule has 2 atom stereocenters. The lowest BCUT2D eigenvalue weighted by Gasteiger charge is -2.36. The number of anilines is 1. The second kappa shape index (κ2) is 9.01. The van der Waals surface area contributed by atoms with Crippen molar-refractivity contribution in [2.24, 2.45) is 0 Å². The van der Waals surface area contributed by atoms with Crippen molar-refractivity contribution in [2.75, 3.05) is 18.0 Å². The van der Waals surface area contributed by atoms with Crippen LogP contribution in [0.2, 0.25) is 0 Å². The Morgan fingerprint density at radius 2 is 1.97 bits per heavy atom. The summed E-state index contributed by atoms with van der Waals surface area (Å²) in [4.78, 5) is 35.7. The second-order valence-electron chi connectivity index (χ2n) is 8.55. The smallest absolute Gasteiger partial charge is 0.267 e. The molecule has 34 heavy (non-hydrogen) atoms. The average Bonchev–Trinajstić information content (AvgIpc) is 3.39. The predicted molar refractivity (Wildman–Crippen MR) is 136 cm³/mol. The van der Waals surface area contributed by atoms with Gasteiger partial charge in [-0.2, -0.15) is 0 Å². The summed E-state index contributed by atoms with van der Waals surface area (Å²) in [6.07, 6.45) is 4.86. The lowest BCUT2D eigenvalue weighted by atomic mass is 10.1. The fraction of sp³-hybridized carbons (Fsp3) is 0.333. The second-order valence-corrected chi connectivity index (χ2v) is 10.2. The van der Waals surface area contributed by atoms with Crippen molar-refractivity contribution in [3.63, 3.8) is 0 Å². The van der Waals surface area contributed by atoms with Gasteiger partial charge in [0.05, 0.1) is 35.5 Å². The maximum Gasteiger partial charge on any atom is 0.267 e. The van der Waals surface area contributed by atoms with E-state index in [1.807, 2.05) is 32.9 Å². The summed E-state index contributed by atoms with van der Waals surface area (Å²) in [5.74, 6) is 0.935. The van der Waals surface area contributed by atoms with E-state index in [4.69, 9.17) is 26.4 Å². The predicted octanol–water partition coefficient (Wildman–Crippen LogP) is 3.61. The molecule has 2 aliphatic heterocycles. The molecule has 8 nitrogen and oxygen atoms in total. The van der Waals surface area contributed by atoms with Crippen LogP contribution in [0.15, 0.2) is 50.8 Å². The van der Waals surface area contributed by atoms with Gasteiger partial charge in [-0.3, -0.25) is 18.9 Å². The molecule has 2 fully saturated rings. The van der Waals surface area contributed by atoms with E-state index in [0.29, 0.717) is 45.1 Å². The zero-order valence-electron chi connectivity index (χ0n) is 19.1. The molecule has 3 aromatic rings. The molecule has 0 N–H and O–H groups in total. The first-order valence-electron chi connectivity index (χ1n) is 11.0. The highest BCUT2D eigenvalue weighted by Gasteiger charge is 2.34. The number of carbonyl (C=O) groups is 1. The highest BCUT2D eigenvalue weighted by atomic mass is 32.2. The minimum atomic E-state index is -0.255. The van der Waals surface area contributed by atoms with Crippen molar-refractivity contribution in [1.29, 1.82) is 0 Å². The molecular formula is C24H24N4O4S2. The zero-order chi connectivity index (χ0) is 24.0. The van der Waals surface area contributed by atoms with Gasteiger partial charge in [0.1, 0.15) is 21.5 Å². The number of hydrogen-bond acceptors (Lipinski definition) is 8. The maximum atomic E-state index is 13.7. The van der Waals surface area contributed by atoms with Crippen molar-refractivity contribution in [3.8, 4) is 0 Å². The Morgan fingerprint density at radius 3 is 2.68 bits per heavy atom. The fourth-order valence-electron chi connectivity index (χ4n) is 4.34. The van der Waals surface area contributed by atoms with Gasteiger partial charge in [0.2, 0.25) is 0 Å². The van der Waals surface area contributed by atoms with Gasteiger partial charge in [-0.15, -0.1) is 0 Å². The molecule has 5 heterocycles. The lowest BCUT2D eigenvalue weighted by Crippen LogP contribution is -2.46. The fourth-order valence-corrected chi connectivity index (χ4v) is 5.58. The Labute approximate surface area is 206 Å². The number of thioether (sulfide) groups is 1. The number of aromatic nitrogens is 2. The number of hydrogen-bond donors (Lipinski definition) is 0. The van der Waals surface area contributed by atoms with Crippen LogP contribution in [0, 0.1) is 6.92 Å². The highest BCUT2D eigenvalue weighted by molar-refractivity contribution is 8.26. The molecule has 10 heteroatoms. The number of morpholine rings is 1. The molecule has 0 spiro atoms. The Bertz CT molecular complexity index is 1360. The van der Waals surface area contributed by atoms with E-state index in [1.165, 1.54) is 21.1 Å². The molecule has 176 valence electrons. The van der Waals surface area contributed by atoms with E-state index < -0.39 is 0 Å². The van der Waals surface area contributed by atoms with Crippen molar-refractivity contribution >= 4 is 51.7 Å². The van der Waals surface area contributed by atoms with Crippen LogP contribution < -0.4 is 10.5 Å². The van der Waals surface area contributed by atoms with Gasteiger partial charge in [-0.1, -0.05) is 30.0 Å². The number of aryl methyl sites for hydroxylation is 1. The number of carbonyl (C=O) groups excluding carboxylic acids is 1. The normalized spacial score (nSPS) is 22.4. The Hall–Kier alpha value is -2.95. The van der Waals surface area contributed by atoms with Crippen molar-refractivity contribution < 1.29 is 13.9 Å². The molecule has 0 saturated carbocycles. The third kappa shape index (κ3) is 4.17. The van der Waals surface area contributed by atoms with Gasteiger partial charge in [-0.25, -0.2) is 4.98 Å². The van der Waals surface area contributed by atoms with Crippen LogP contribution in [-0.2, 0) is 16.1 Å². The van der Waals surface area contributed by atoms with E-state index in [2.05, 4.69) is 4.90 Å². The molecule has 3 aromatic heterocycles. The molecule has 0 aromatic carbocycles. The largest absolute Gasteiger partial charge is 0.467 e. The van der Waals surface area contributed by atoms with Crippen LogP contribution in [0.1, 0.15) is 30.7 Å². The molecule has 5 rings (SSSR count). The van der Waals surface area contributed by atoms with E-state index >= 15 is 0 Å². The number of pyridine rings is 1. The average molecular weight is 497 g/mol. The molecule has 2 unspecified atom stereocenters. The quantitative estimate of drug-likeness (QED) is 0.400. The number of thiocarbonyl (C=S) groups is 1. The first kappa shape index (κ1) is 22.8. The number of fused-ring (bicyclic) bond motifs is 1. The molecule has 0 bridgehead atoms. The molecule has 0 aliphatic carbocycles. The lowest BCUT2D eigenvalue weighted by molar-refractivity contribution is -0.122. The number of ether oxygens (including phenoxy) is 1. The minimum Gasteiger partial charge on any atom is -0.467 e. The van der Waals surface area contributed by atoms with Crippen LogP contribution >= 0.6 is 24.0 Å². The first-order chi connectivity index (χ1) is 16.3. The van der Waals surface area contributed by atoms with Crippen LogP contribution in [0.25, 0.3) is 11.7 Å². The van der Waals surface area contributed by atoms with Crippen LogP contribution in [-0.4, -0.2) is 49.8 Å². The van der Waals surface area contributed by atoms with Crippen molar-refractivity contribution in [3.05, 3.63) is 68.9 Å². The van der Waals surface area contributed by atoms with Gasteiger partial charge in [0, 0.05) is 19.3 Å². The topological polar surface area (TPSA) is 80.3 Å². The molecular weight excluding hydrogens is 472 g/mol. The van der Waals surface area contributed by atoms with Crippen LogP contribution in [0.4, 0.5) is 5.82 Å². The summed E-state index contributed by atoms with van der Waals surface area (Å²) in [5.41, 5.74) is 1.62. The summed E-state index contributed by atoms with van der Waals surface area (Å²) in [6.45, 7) is 7.37. The van der Waals surface area contributed by atoms with E-state index in [1.54, 1.807) is 30.7 Å². The van der Waals surface area contributed by atoms with Crippen LogP contribution in [0.5, 0.6) is 0 Å². The summed E-state index contributed by atoms with van der Waals surface area (Å²) in [5, 5.41) is 0. The number of rotatable bonds is 4. The minimum absolute atomic E-state index is 0.0137. The Morgan fingerprint density at radius 1 is 1.21 bits per heavy atom. The molecule has 0 radical (unpaired) electrons. The van der Waals surface area contributed by atoms with Crippen LogP contribution in [0.3, 0.4) is 0 Å².